The zero-order valence-corrected chi connectivity index (χ0v) is 20.3. The SMILES string of the molecule is CCNC(=NCC1(c2ccccc2F)CC1)NC1CCN(S(=O)(=O)CC)CC1.I. The molecule has 2 N–H and O–H groups in total. The molecular formula is C20H32FIN4O2S. The Balaban J connectivity index is 0.00000300. The van der Waals surface area contributed by atoms with Crippen LogP contribution in [0, 0.1) is 5.82 Å². The first-order valence-electron chi connectivity index (χ1n) is 10.2. The Morgan fingerprint density at radius 2 is 1.90 bits per heavy atom. The summed E-state index contributed by atoms with van der Waals surface area (Å²) in [5.41, 5.74) is 0.569. The Kier molecular flexibility index (Phi) is 8.72. The van der Waals surface area contributed by atoms with Crippen LogP contribution in [-0.4, -0.2) is 56.7 Å². The molecule has 3 rings (SSSR count). The molecule has 1 aromatic rings. The van der Waals surface area contributed by atoms with E-state index in [0.717, 1.165) is 43.8 Å². The van der Waals surface area contributed by atoms with Gasteiger partial charge in [0.2, 0.25) is 10.0 Å². The molecule has 0 bridgehead atoms. The number of nitrogens with one attached hydrogen (secondary N) is 2. The minimum absolute atomic E-state index is 0. The number of piperidine rings is 1. The summed E-state index contributed by atoms with van der Waals surface area (Å²) in [5, 5.41) is 6.70. The van der Waals surface area contributed by atoms with E-state index in [1.54, 1.807) is 17.3 Å². The summed E-state index contributed by atoms with van der Waals surface area (Å²) in [6.45, 7) is 6.04. The molecule has 9 heteroatoms. The van der Waals surface area contributed by atoms with Gasteiger partial charge in [-0.2, -0.15) is 0 Å². The largest absolute Gasteiger partial charge is 0.357 e. The van der Waals surface area contributed by atoms with Crippen molar-refractivity contribution >= 4 is 40.0 Å². The van der Waals surface area contributed by atoms with Gasteiger partial charge in [0.15, 0.2) is 5.96 Å². The van der Waals surface area contributed by atoms with E-state index >= 15 is 0 Å². The van der Waals surface area contributed by atoms with Gasteiger partial charge in [-0.1, -0.05) is 18.2 Å². The molecule has 164 valence electrons. The lowest BCUT2D eigenvalue weighted by Crippen LogP contribution is -2.50. The molecule has 29 heavy (non-hydrogen) atoms. The minimum Gasteiger partial charge on any atom is -0.357 e. The molecule has 2 aliphatic rings. The molecule has 6 nitrogen and oxygen atoms in total. The third kappa shape index (κ3) is 6.04. The molecule has 2 fully saturated rings. The molecule has 1 saturated heterocycles. The molecule has 1 aliphatic carbocycles. The van der Waals surface area contributed by atoms with Gasteiger partial charge >= 0.3 is 0 Å². The van der Waals surface area contributed by atoms with Crippen LogP contribution in [0.2, 0.25) is 0 Å². The highest BCUT2D eigenvalue weighted by Crippen LogP contribution is 2.49. The topological polar surface area (TPSA) is 73.8 Å². The van der Waals surface area contributed by atoms with Crippen molar-refractivity contribution in [3.63, 3.8) is 0 Å². The number of guanidine groups is 1. The monoisotopic (exact) mass is 538 g/mol. The van der Waals surface area contributed by atoms with E-state index in [0.29, 0.717) is 19.6 Å². The number of aliphatic imine (C=N–C) groups is 1. The summed E-state index contributed by atoms with van der Waals surface area (Å²) in [4.78, 5) is 4.74. The highest BCUT2D eigenvalue weighted by Gasteiger charge is 2.45. The predicted octanol–water partition coefficient (Wildman–Crippen LogP) is 2.84. The maximum absolute atomic E-state index is 14.2. The van der Waals surface area contributed by atoms with Crippen LogP contribution in [0.1, 0.15) is 45.1 Å². The van der Waals surface area contributed by atoms with E-state index < -0.39 is 10.0 Å². The van der Waals surface area contributed by atoms with E-state index in [2.05, 4.69) is 10.6 Å². The number of rotatable bonds is 7. The van der Waals surface area contributed by atoms with Crippen molar-refractivity contribution in [3.8, 4) is 0 Å². The van der Waals surface area contributed by atoms with Gasteiger partial charge in [-0.05, 0) is 51.2 Å². The highest BCUT2D eigenvalue weighted by atomic mass is 127. The fraction of sp³-hybridized carbons (Fsp3) is 0.650. The number of nitrogens with zero attached hydrogens (tertiary/aromatic N) is 2. The Morgan fingerprint density at radius 1 is 1.24 bits per heavy atom. The third-order valence-electron chi connectivity index (χ3n) is 5.74. The second-order valence-corrected chi connectivity index (χ2v) is 9.93. The van der Waals surface area contributed by atoms with Crippen LogP contribution >= 0.6 is 24.0 Å². The molecule has 1 heterocycles. The van der Waals surface area contributed by atoms with Crippen LogP contribution < -0.4 is 10.6 Å². The first-order valence-corrected chi connectivity index (χ1v) is 11.8. The molecule has 0 radical (unpaired) electrons. The van der Waals surface area contributed by atoms with E-state index in [1.807, 2.05) is 19.1 Å². The average Bonchev–Trinajstić information content (AvgIpc) is 3.48. The van der Waals surface area contributed by atoms with Gasteiger partial charge in [0.25, 0.3) is 0 Å². The molecule has 0 spiro atoms. The lowest BCUT2D eigenvalue weighted by atomic mass is 9.95. The Morgan fingerprint density at radius 3 is 2.45 bits per heavy atom. The molecule has 1 saturated carbocycles. The standard InChI is InChI=1S/C20H31FN4O2S.HI/c1-3-22-19(24-16-9-13-25(14-10-16)28(26,27)4-2)23-15-20(11-12-20)17-7-5-6-8-18(17)21;/h5-8,16H,3-4,9-15H2,1-2H3,(H2,22,23,24);1H. The van der Waals surface area contributed by atoms with Crippen molar-refractivity contribution < 1.29 is 12.8 Å². The quantitative estimate of drug-likeness (QED) is 0.318. The van der Waals surface area contributed by atoms with E-state index in [4.69, 9.17) is 4.99 Å². The second-order valence-electron chi connectivity index (χ2n) is 7.67. The van der Waals surface area contributed by atoms with Crippen LogP contribution in [-0.2, 0) is 15.4 Å². The predicted molar refractivity (Wildman–Crippen MR) is 126 cm³/mol. The summed E-state index contributed by atoms with van der Waals surface area (Å²) in [5.74, 6) is 0.715. The first kappa shape index (κ1) is 24.3. The van der Waals surface area contributed by atoms with Gasteiger partial charge in [0.1, 0.15) is 5.82 Å². The van der Waals surface area contributed by atoms with Gasteiger partial charge in [0, 0.05) is 31.1 Å². The summed E-state index contributed by atoms with van der Waals surface area (Å²) < 4.78 is 39.8. The van der Waals surface area contributed by atoms with Gasteiger partial charge in [-0.15, -0.1) is 24.0 Å². The number of benzene rings is 1. The number of halogens is 2. The van der Waals surface area contributed by atoms with Crippen molar-refractivity contribution in [2.45, 2.75) is 51.0 Å². The van der Waals surface area contributed by atoms with Crippen LogP contribution in [0.25, 0.3) is 0 Å². The minimum atomic E-state index is -3.12. The van der Waals surface area contributed by atoms with Crippen molar-refractivity contribution in [1.29, 1.82) is 0 Å². The van der Waals surface area contributed by atoms with Crippen LogP contribution in [0.3, 0.4) is 0 Å². The van der Waals surface area contributed by atoms with Crippen molar-refractivity contribution in [1.82, 2.24) is 14.9 Å². The zero-order valence-electron chi connectivity index (χ0n) is 17.2. The normalized spacial score (nSPS) is 20.0. The van der Waals surface area contributed by atoms with Crippen LogP contribution in [0.4, 0.5) is 4.39 Å². The molecule has 1 aliphatic heterocycles. The van der Waals surface area contributed by atoms with Crippen LogP contribution in [0.5, 0.6) is 0 Å². The molecule has 0 atom stereocenters. The van der Waals surface area contributed by atoms with Gasteiger partial charge in [-0.3, -0.25) is 4.99 Å². The van der Waals surface area contributed by atoms with Crippen molar-refractivity contribution in [2.75, 3.05) is 31.9 Å². The highest BCUT2D eigenvalue weighted by molar-refractivity contribution is 14.0. The third-order valence-corrected chi connectivity index (χ3v) is 7.62. The number of sulfonamides is 1. The van der Waals surface area contributed by atoms with E-state index in [1.165, 1.54) is 6.07 Å². The average molecular weight is 538 g/mol. The summed E-state index contributed by atoms with van der Waals surface area (Å²) in [6, 6.07) is 7.16. The molecule has 0 amide bonds. The summed E-state index contributed by atoms with van der Waals surface area (Å²) >= 11 is 0. The van der Waals surface area contributed by atoms with Gasteiger partial charge in [0.05, 0.1) is 12.3 Å². The van der Waals surface area contributed by atoms with Crippen molar-refractivity contribution in [2.24, 2.45) is 4.99 Å². The number of hydrogen-bond acceptors (Lipinski definition) is 3. The number of hydrogen-bond donors (Lipinski definition) is 2. The summed E-state index contributed by atoms with van der Waals surface area (Å²) in [7, 11) is -3.12. The Bertz CT molecular complexity index is 806. The lowest BCUT2D eigenvalue weighted by Gasteiger charge is -2.32. The van der Waals surface area contributed by atoms with Gasteiger partial charge in [-0.25, -0.2) is 17.1 Å². The first-order chi connectivity index (χ1) is 13.4. The van der Waals surface area contributed by atoms with E-state index in [-0.39, 0.29) is 47.0 Å². The van der Waals surface area contributed by atoms with Crippen LogP contribution in [0.15, 0.2) is 29.3 Å². The fourth-order valence-corrected chi connectivity index (χ4v) is 4.89. The molecule has 0 unspecified atom stereocenters. The van der Waals surface area contributed by atoms with Crippen molar-refractivity contribution in [3.05, 3.63) is 35.6 Å². The lowest BCUT2D eigenvalue weighted by molar-refractivity contribution is 0.306. The Labute approximate surface area is 190 Å². The molecular weight excluding hydrogens is 506 g/mol. The molecule has 1 aromatic carbocycles. The fourth-order valence-electron chi connectivity index (χ4n) is 3.76. The molecule has 0 aromatic heterocycles. The second kappa shape index (κ2) is 10.4. The Hall–Kier alpha value is -0.940. The maximum Gasteiger partial charge on any atom is 0.213 e. The smallest absolute Gasteiger partial charge is 0.213 e. The maximum atomic E-state index is 14.2. The zero-order chi connectivity index (χ0) is 20.2. The van der Waals surface area contributed by atoms with E-state index in [9.17, 15) is 12.8 Å². The summed E-state index contributed by atoms with van der Waals surface area (Å²) in [6.07, 6.45) is 3.40. The van der Waals surface area contributed by atoms with Gasteiger partial charge < -0.3 is 10.6 Å².